The van der Waals surface area contributed by atoms with Crippen molar-refractivity contribution in [1.29, 1.82) is 0 Å². The van der Waals surface area contributed by atoms with Gasteiger partial charge < -0.3 is 0 Å². The number of rotatable bonds is 2. The number of halogens is 4. The van der Waals surface area contributed by atoms with E-state index in [1.54, 1.807) is 6.07 Å². The van der Waals surface area contributed by atoms with Gasteiger partial charge in [0, 0.05) is 0 Å². The summed E-state index contributed by atoms with van der Waals surface area (Å²) in [6.07, 6.45) is 0. The fourth-order valence-corrected chi connectivity index (χ4v) is 3.48. The summed E-state index contributed by atoms with van der Waals surface area (Å²) in [5.41, 5.74) is -0.364. The molecule has 1 aliphatic carbocycles. The number of hydrogen-bond donors (Lipinski definition) is 0. The van der Waals surface area contributed by atoms with Crippen molar-refractivity contribution in [3.63, 3.8) is 0 Å². The molecule has 0 N–H and O–H groups in total. The Labute approximate surface area is 140 Å². The summed E-state index contributed by atoms with van der Waals surface area (Å²) in [6.45, 7) is 0. The zero-order valence-corrected chi connectivity index (χ0v) is 13.8. The van der Waals surface area contributed by atoms with Crippen LogP contribution in [0.4, 0.5) is 0 Å². The fraction of sp³-hybridized carbons (Fsp3) is 0. The number of ketones is 1. The van der Waals surface area contributed by atoms with Gasteiger partial charge in [-0.2, -0.15) is 12.8 Å². The first kappa shape index (κ1) is 16.5. The number of hydrogen-bond acceptors (Lipinski definition) is 3. The smallest absolute Gasteiger partial charge is 0.282 e. The number of benzene rings is 1. The minimum Gasteiger partial charge on any atom is -0.286 e. The van der Waals surface area contributed by atoms with Gasteiger partial charge in [0.1, 0.15) is 15.8 Å². The van der Waals surface area contributed by atoms with Crippen LogP contribution in [0.2, 0.25) is 0 Å². The Balaban J connectivity index is 2.63. The van der Waals surface area contributed by atoms with Crippen LogP contribution < -0.4 is 0 Å². The number of nitrogens with zero attached hydrogens (tertiary/aromatic N) is 1. The van der Waals surface area contributed by atoms with Crippen molar-refractivity contribution < 1.29 is 13.2 Å². The lowest BCUT2D eigenvalue weighted by molar-refractivity contribution is -0.111. The van der Waals surface area contributed by atoms with Crippen LogP contribution in [0.3, 0.4) is 0 Å². The van der Waals surface area contributed by atoms with E-state index in [4.69, 9.17) is 46.4 Å². The summed E-state index contributed by atoms with van der Waals surface area (Å²) in [6, 6.07) is 7.43. The molecule has 1 aromatic carbocycles. The molecule has 0 saturated carbocycles. The molecule has 9 heteroatoms. The lowest BCUT2D eigenvalue weighted by Gasteiger charge is -2.13. The van der Waals surface area contributed by atoms with Gasteiger partial charge in [0.15, 0.2) is 0 Å². The first-order chi connectivity index (χ1) is 9.75. The molecule has 0 aliphatic heterocycles. The largest absolute Gasteiger partial charge is 0.286 e. The quantitative estimate of drug-likeness (QED) is 0.729. The van der Waals surface area contributed by atoms with E-state index in [0.717, 1.165) is 0 Å². The number of carbonyl (C=O) groups is 1. The second kappa shape index (κ2) is 6.10. The molecule has 0 atom stereocenters. The highest BCUT2D eigenvalue weighted by Gasteiger charge is 2.31. The van der Waals surface area contributed by atoms with Crippen LogP contribution in [-0.4, -0.2) is 19.9 Å². The molecule has 0 spiro atoms. The summed E-state index contributed by atoms with van der Waals surface area (Å²) in [5.74, 6) is -0.788. The van der Waals surface area contributed by atoms with E-state index in [0.29, 0.717) is 0 Å². The molecule has 0 amide bonds. The molecule has 2 rings (SSSR count). The van der Waals surface area contributed by atoms with Crippen molar-refractivity contribution in [2.45, 2.75) is 4.90 Å². The van der Waals surface area contributed by atoms with Gasteiger partial charge in [-0.25, -0.2) is 0 Å². The van der Waals surface area contributed by atoms with Crippen LogP contribution in [0, 0.1) is 0 Å². The molecule has 110 valence electrons. The number of sulfonamides is 1. The van der Waals surface area contributed by atoms with E-state index < -0.39 is 25.9 Å². The average molecular weight is 385 g/mol. The fourth-order valence-electron chi connectivity index (χ4n) is 1.45. The molecule has 1 aliphatic rings. The second-order valence-corrected chi connectivity index (χ2v) is 6.93. The van der Waals surface area contributed by atoms with E-state index >= 15 is 0 Å². The Morgan fingerprint density at radius 2 is 1.29 bits per heavy atom. The van der Waals surface area contributed by atoms with Crippen LogP contribution in [0.25, 0.3) is 0 Å². The molecular weight excluding hydrogens is 380 g/mol. The lowest BCUT2D eigenvalue weighted by Crippen LogP contribution is -2.17. The Bertz CT molecular complexity index is 780. The van der Waals surface area contributed by atoms with Crippen molar-refractivity contribution in [3.8, 4) is 0 Å². The summed E-state index contributed by atoms with van der Waals surface area (Å²) in [4.78, 5) is 11.5. The first-order valence-electron chi connectivity index (χ1n) is 5.31. The van der Waals surface area contributed by atoms with Crippen molar-refractivity contribution in [1.82, 2.24) is 0 Å². The van der Waals surface area contributed by atoms with E-state index in [9.17, 15) is 13.2 Å². The third-order valence-electron chi connectivity index (χ3n) is 2.45. The highest BCUT2D eigenvalue weighted by molar-refractivity contribution is 7.90. The van der Waals surface area contributed by atoms with Gasteiger partial charge in [-0.1, -0.05) is 64.6 Å². The van der Waals surface area contributed by atoms with Gasteiger partial charge in [0.2, 0.25) is 5.78 Å². The number of carbonyl (C=O) groups excluding carboxylic acids is 1. The highest BCUT2D eigenvalue weighted by Crippen LogP contribution is 2.34. The van der Waals surface area contributed by atoms with Crippen LogP contribution in [0.1, 0.15) is 0 Å². The third-order valence-corrected chi connectivity index (χ3v) is 5.39. The van der Waals surface area contributed by atoms with Crippen LogP contribution >= 0.6 is 46.4 Å². The van der Waals surface area contributed by atoms with E-state index in [1.165, 1.54) is 24.3 Å². The maximum absolute atomic E-state index is 12.2. The Morgan fingerprint density at radius 3 is 1.76 bits per heavy atom. The van der Waals surface area contributed by atoms with Crippen molar-refractivity contribution >= 4 is 67.9 Å². The van der Waals surface area contributed by atoms with E-state index in [-0.39, 0.29) is 20.7 Å². The summed E-state index contributed by atoms with van der Waals surface area (Å²) in [5, 5.41) is -1.60. The van der Waals surface area contributed by atoms with Crippen molar-refractivity contribution in [3.05, 3.63) is 50.5 Å². The van der Waals surface area contributed by atoms with Gasteiger partial charge >= 0.3 is 0 Å². The third kappa shape index (κ3) is 3.17. The first-order valence-corrected chi connectivity index (χ1v) is 8.27. The average Bonchev–Trinajstić information content (AvgIpc) is 2.48. The molecule has 0 bridgehead atoms. The van der Waals surface area contributed by atoms with Gasteiger partial charge in [-0.05, 0) is 12.1 Å². The standard InChI is InChI=1S/C12H5Cl4NO3S/c13-7-9(15)12(18)10(16)8(14)11(7)17-21(19,20)6-4-2-1-3-5-6/h1-5H. The number of Topliss-reactive ketones (excluding diaryl/α,β-unsaturated/α-hetero) is 1. The Hall–Kier alpha value is -0.850. The maximum Gasteiger partial charge on any atom is 0.282 e. The van der Waals surface area contributed by atoms with Crippen LogP contribution in [-0.2, 0) is 14.8 Å². The number of allylic oxidation sites excluding steroid dienone is 4. The topological polar surface area (TPSA) is 63.6 Å². The minimum absolute atomic E-state index is 0.0596. The molecule has 0 saturated heterocycles. The zero-order chi connectivity index (χ0) is 15.8. The van der Waals surface area contributed by atoms with Crippen LogP contribution in [0.15, 0.2) is 59.8 Å². The van der Waals surface area contributed by atoms with E-state index in [2.05, 4.69) is 4.40 Å². The maximum atomic E-state index is 12.2. The molecular formula is C12H5Cl4NO3S. The molecule has 0 heterocycles. The zero-order valence-electron chi connectivity index (χ0n) is 9.98. The Kier molecular flexibility index (Phi) is 4.80. The minimum atomic E-state index is -4.07. The molecule has 0 fully saturated rings. The SMILES string of the molecule is O=C1C(Cl)=C(Cl)C(=NS(=O)(=O)c2ccccc2)C(Cl)=C1Cl. The summed E-state index contributed by atoms with van der Waals surface area (Å²) < 4.78 is 27.9. The highest BCUT2D eigenvalue weighted by atomic mass is 35.5. The van der Waals surface area contributed by atoms with Gasteiger partial charge in [-0.15, -0.1) is 0 Å². The van der Waals surface area contributed by atoms with Crippen molar-refractivity contribution in [2.24, 2.45) is 4.40 Å². The van der Waals surface area contributed by atoms with E-state index in [1.807, 2.05) is 0 Å². The molecule has 0 aromatic heterocycles. The van der Waals surface area contributed by atoms with Crippen LogP contribution in [0.5, 0.6) is 0 Å². The Morgan fingerprint density at radius 1 is 0.810 bits per heavy atom. The molecule has 1 aromatic rings. The molecule has 21 heavy (non-hydrogen) atoms. The van der Waals surface area contributed by atoms with Gasteiger partial charge in [0.25, 0.3) is 10.0 Å². The normalized spacial score (nSPS) is 16.6. The molecule has 0 radical (unpaired) electrons. The molecule has 4 nitrogen and oxygen atoms in total. The van der Waals surface area contributed by atoms with Gasteiger partial charge in [-0.3, -0.25) is 4.79 Å². The second-order valence-electron chi connectivity index (χ2n) is 3.81. The predicted octanol–water partition coefficient (Wildman–Crippen LogP) is 3.78. The lowest BCUT2D eigenvalue weighted by atomic mass is 10.1. The predicted molar refractivity (Wildman–Crippen MR) is 83.5 cm³/mol. The monoisotopic (exact) mass is 383 g/mol. The van der Waals surface area contributed by atoms with Crippen molar-refractivity contribution in [2.75, 3.05) is 0 Å². The molecule has 0 unspecified atom stereocenters. The summed E-state index contributed by atoms with van der Waals surface area (Å²) >= 11 is 23.1. The summed E-state index contributed by atoms with van der Waals surface area (Å²) in [7, 11) is -4.07. The van der Waals surface area contributed by atoms with Gasteiger partial charge in [0.05, 0.1) is 15.0 Å².